The number of aliphatic imine (C=N–C) groups is 1. The van der Waals surface area contributed by atoms with Crippen LogP contribution >= 0.6 is 0 Å². The van der Waals surface area contributed by atoms with Gasteiger partial charge in [-0.1, -0.05) is 48.5 Å². The molecule has 27 heavy (non-hydrogen) atoms. The number of benzene rings is 2. The molecule has 3 rings (SSSR count). The molecule has 142 valence electrons. The number of carbonyl (C=O) groups is 1. The zero-order chi connectivity index (χ0) is 19.1. The average molecular weight is 364 g/mol. The fourth-order valence-electron chi connectivity index (χ4n) is 3.32. The van der Waals surface area contributed by atoms with Crippen molar-refractivity contribution in [3.05, 3.63) is 70.8 Å². The van der Waals surface area contributed by atoms with Crippen molar-refractivity contribution in [1.29, 1.82) is 0 Å². The Bertz CT molecular complexity index is 815. The molecule has 2 aromatic carbocycles. The highest BCUT2D eigenvalue weighted by molar-refractivity contribution is 5.79. The smallest absolute Gasteiger partial charge is 0.222 e. The van der Waals surface area contributed by atoms with Gasteiger partial charge in [-0.2, -0.15) is 0 Å². The van der Waals surface area contributed by atoms with E-state index in [1.165, 1.54) is 22.3 Å². The Morgan fingerprint density at radius 3 is 2.59 bits per heavy atom. The maximum atomic E-state index is 11.8. The largest absolute Gasteiger partial charge is 0.352 e. The van der Waals surface area contributed by atoms with Crippen molar-refractivity contribution < 1.29 is 4.79 Å². The summed E-state index contributed by atoms with van der Waals surface area (Å²) < 4.78 is 0. The molecular formula is C22H28N4O. The van der Waals surface area contributed by atoms with Crippen LogP contribution in [0.25, 0.3) is 0 Å². The number of guanidine groups is 1. The lowest BCUT2D eigenvalue weighted by Crippen LogP contribution is -2.36. The summed E-state index contributed by atoms with van der Waals surface area (Å²) in [5, 5.41) is 6.73. The van der Waals surface area contributed by atoms with Crippen LogP contribution in [0.3, 0.4) is 0 Å². The van der Waals surface area contributed by atoms with Crippen molar-refractivity contribution in [3.63, 3.8) is 0 Å². The number of rotatable bonds is 6. The average Bonchev–Trinajstić information content (AvgIpc) is 3.08. The standard InChI is InChI=1S/C22H28N4O/c1-17-7-3-4-10-20(17)15-25-22(23-2)24-14-18-8-5-9-19(13-18)16-26-12-6-11-21(26)27/h3-5,7-10,13H,6,11-12,14-16H2,1-2H3,(H2,23,24,25). The van der Waals surface area contributed by atoms with E-state index < -0.39 is 0 Å². The Hall–Kier alpha value is -2.82. The Labute approximate surface area is 161 Å². The van der Waals surface area contributed by atoms with Gasteiger partial charge in [0.15, 0.2) is 5.96 Å². The maximum Gasteiger partial charge on any atom is 0.222 e. The monoisotopic (exact) mass is 364 g/mol. The van der Waals surface area contributed by atoms with Crippen LogP contribution in [-0.4, -0.2) is 30.4 Å². The van der Waals surface area contributed by atoms with E-state index in [-0.39, 0.29) is 5.91 Å². The summed E-state index contributed by atoms with van der Waals surface area (Å²) in [5.41, 5.74) is 4.88. The molecule has 1 aliphatic heterocycles. The van der Waals surface area contributed by atoms with Gasteiger partial charge in [-0.3, -0.25) is 9.79 Å². The van der Waals surface area contributed by atoms with Gasteiger partial charge in [-0.15, -0.1) is 0 Å². The lowest BCUT2D eigenvalue weighted by atomic mass is 10.1. The highest BCUT2D eigenvalue weighted by Gasteiger charge is 2.19. The highest BCUT2D eigenvalue weighted by atomic mass is 16.2. The first-order valence-electron chi connectivity index (χ1n) is 9.50. The molecule has 0 aliphatic carbocycles. The van der Waals surface area contributed by atoms with Crippen LogP contribution in [0.1, 0.15) is 35.1 Å². The normalized spacial score (nSPS) is 14.5. The molecule has 0 unspecified atom stereocenters. The molecule has 0 aromatic heterocycles. The zero-order valence-electron chi connectivity index (χ0n) is 16.2. The SMILES string of the molecule is CN=C(NCc1cccc(CN2CCCC2=O)c1)NCc1ccccc1C. The van der Waals surface area contributed by atoms with Crippen LogP contribution in [0.4, 0.5) is 0 Å². The van der Waals surface area contributed by atoms with Crippen molar-refractivity contribution in [3.8, 4) is 0 Å². The number of aryl methyl sites for hydroxylation is 1. The lowest BCUT2D eigenvalue weighted by molar-refractivity contribution is -0.128. The molecule has 1 heterocycles. The molecular weight excluding hydrogens is 336 g/mol. The van der Waals surface area contributed by atoms with Crippen LogP contribution < -0.4 is 10.6 Å². The van der Waals surface area contributed by atoms with E-state index in [0.717, 1.165) is 25.5 Å². The topological polar surface area (TPSA) is 56.7 Å². The summed E-state index contributed by atoms with van der Waals surface area (Å²) in [7, 11) is 1.78. The van der Waals surface area contributed by atoms with Crippen LogP contribution in [-0.2, 0) is 24.4 Å². The first-order valence-corrected chi connectivity index (χ1v) is 9.50. The molecule has 2 aromatic rings. The second kappa shape index (κ2) is 9.21. The summed E-state index contributed by atoms with van der Waals surface area (Å²) >= 11 is 0. The minimum absolute atomic E-state index is 0.263. The third kappa shape index (κ3) is 5.33. The molecule has 1 saturated heterocycles. The van der Waals surface area contributed by atoms with Crippen molar-refractivity contribution in [2.24, 2.45) is 4.99 Å². The van der Waals surface area contributed by atoms with Gasteiger partial charge in [0.25, 0.3) is 0 Å². The fraction of sp³-hybridized carbons (Fsp3) is 0.364. The van der Waals surface area contributed by atoms with E-state index in [2.05, 4.69) is 71.1 Å². The van der Waals surface area contributed by atoms with Crippen molar-refractivity contribution in [2.75, 3.05) is 13.6 Å². The van der Waals surface area contributed by atoms with Gasteiger partial charge in [0, 0.05) is 39.6 Å². The minimum atomic E-state index is 0.263. The van der Waals surface area contributed by atoms with Gasteiger partial charge in [-0.05, 0) is 35.6 Å². The summed E-state index contributed by atoms with van der Waals surface area (Å²) in [6.45, 7) is 5.12. The van der Waals surface area contributed by atoms with Crippen molar-refractivity contribution in [2.45, 2.75) is 39.4 Å². The second-order valence-electron chi connectivity index (χ2n) is 6.94. The molecule has 0 saturated carbocycles. The third-order valence-electron chi connectivity index (χ3n) is 4.93. The van der Waals surface area contributed by atoms with Crippen LogP contribution in [0.2, 0.25) is 0 Å². The Balaban J connectivity index is 1.53. The molecule has 2 N–H and O–H groups in total. The summed E-state index contributed by atoms with van der Waals surface area (Å²) in [4.78, 5) is 18.1. The van der Waals surface area contributed by atoms with Crippen molar-refractivity contribution >= 4 is 11.9 Å². The third-order valence-corrected chi connectivity index (χ3v) is 4.93. The van der Waals surface area contributed by atoms with Crippen LogP contribution in [0.5, 0.6) is 0 Å². The van der Waals surface area contributed by atoms with E-state index in [4.69, 9.17) is 0 Å². The number of hydrogen-bond acceptors (Lipinski definition) is 2. The molecule has 1 amide bonds. The summed E-state index contributed by atoms with van der Waals surface area (Å²) in [6.07, 6.45) is 1.66. The van der Waals surface area contributed by atoms with Gasteiger partial charge in [0.05, 0.1) is 0 Å². The molecule has 5 heteroatoms. The molecule has 1 aliphatic rings. The predicted octanol–water partition coefficient (Wildman–Crippen LogP) is 2.98. The van der Waals surface area contributed by atoms with E-state index >= 15 is 0 Å². The molecule has 0 bridgehead atoms. The lowest BCUT2D eigenvalue weighted by Gasteiger charge is -2.17. The predicted molar refractivity (Wildman–Crippen MR) is 109 cm³/mol. The number of amides is 1. The van der Waals surface area contributed by atoms with Gasteiger partial charge >= 0.3 is 0 Å². The molecule has 0 spiro atoms. The summed E-state index contributed by atoms with van der Waals surface area (Å²) in [5.74, 6) is 1.04. The Morgan fingerprint density at radius 1 is 1.07 bits per heavy atom. The molecule has 1 fully saturated rings. The van der Waals surface area contributed by atoms with Gasteiger partial charge in [-0.25, -0.2) is 0 Å². The number of nitrogens with one attached hydrogen (secondary N) is 2. The van der Waals surface area contributed by atoms with Gasteiger partial charge < -0.3 is 15.5 Å². The first kappa shape index (κ1) is 19.0. The minimum Gasteiger partial charge on any atom is -0.352 e. The van der Waals surface area contributed by atoms with Crippen LogP contribution in [0.15, 0.2) is 53.5 Å². The molecule has 5 nitrogen and oxygen atoms in total. The highest BCUT2D eigenvalue weighted by Crippen LogP contribution is 2.15. The fourth-order valence-corrected chi connectivity index (χ4v) is 3.32. The molecule has 0 radical (unpaired) electrons. The quantitative estimate of drug-likeness (QED) is 0.612. The van der Waals surface area contributed by atoms with Crippen LogP contribution in [0, 0.1) is 6.92 Å². The van der Waals surface area contributed by atoms with Gasteiger partial charge in [0.1, 0.15) is 0 Å². The van der Waals surface area contributed by atoms with Gasteiger partial charge in [0.2, 0.25) is 5.91 Å². The number of likely N-dealkylation sites (tertiary alicyclic amines) is 1. The number of nitrogens with zero attached hydrogens (tertiary/aromatic N) is 2. The molecule has 0 atom stereocenters. The number of carbonyl (C=O) groups excluding carboxylic acids is 1. The van der Waals surface area contributed by atoms with E-state index in [0.29, 0.717) is 19.5 Å². The summed E-state index contributed by atoms with van der Waals surface area (Å²) in [6, 6.07) is 16.7. The van der Waals surface area contributed by atoms with E-state index in [9.17, 15) is 4.79 Å². The zero-order valence-corrected chi connectivity index (χ0v) is 16.2. The van der Waals surface area contributed by atoms with E-state index in [1.54, 1.807) is 7.05 Å². The Morgan fingerprint density at radius 2 is 1.85 bits per heavy atom. The first-order chi connectivity index (χ1) is 13.2. The van der Waals surface area contributed by atoms with Crippen molar-refractivity contribution in [1.82, 2.24) is 15.5 Å². The number of hydrogen-bond donors (Lipinski definition) is 2. The van der Waals surface area contributed by atoms with E-state index in [1.807, 2.05) is 4.90 Å². The second-order valence-corrected chi connectivity index (χ2v) is 6.94. The maximum absolute atomic E-state index is 11.8. The Kier molecular flexibility index (Phi) is 6.47.